The van der Waals surface area contributed by atoms with E-state index in [0.717, 1.165) is 5.56 Å². The van der Waals surface area contributed by atoms with Crippen LogP contribution in [0, 0.1) is 11.3 Å². The molecule has 0 saturated carbocycles. The van der Waals surface area contributed by atoms with Crippen molar-refractivity contribution in [2.45, 2.75) is 13.8 Å². The highest BCUT2D eigenvalue weighted by Crippen LogP contribution is 2.48. The topological polar surface area (TPSA) is 68.5 Å². The highest BCUT2D eigenvalue weighted by Gasteiger charge is 2.35. The lowest BCUT2D eigenvalue weighted by atomic mass is 10.1. The average Bonchev–Trinajstić information content (AvgIpc) is 2.70. The molecule has 1 aliphatic heterocycles. The third-order valence-corrected chi connectivity index (χ3v) is 6.31. The number of nitriles is 1. The first kappa shape index (κ1) is 18.0. The molecule has 132 valence electrons. The molecule has 0 amide bonds. The maximum atomic E-state index is 13.8. The van der Waals surface area contributed by atoms with Gasteiger partial charge >= 0.3 is 7.44 Å². The van der Waals surface area contributed by atoms with E-state index in [0.29, 0.717) is 35.5 Å². The van der Waals surface area contributed by atoms with Crippen molar-refractivity contribution in [3.8, 4) is 6.07 Å². The highest BCUT2D eigenvalue weighted by atomic mass is 31.2. The average molecular weight is 364 g/mol. The van der Waals surface area contributed by atoms with E-state index in [1.807, 2.05) is 67.3 Å². The van der Waals surface area contributed by atoms with E-state index in [2.05, 4.69) is 15.9 Å². The first-order valence-corrected chi connectivity index (χ1v) is 10.3. The Labute approximate surface area is 154 Å². The molecule has 0 unspecified atom stereocenters. The minimum absolute atomic E-state index is 0.419. The van der Waals surface area contributed by atoms with Crippen molar-refractivity contribution in [1.29, 1.82) is 5.26 Å². The Balaban J connectivity index is 2.24. The van der Waals surface area contributed by atoms with Crippen LogP contribution >= 0.6 is 7.44 Å². The first-order valence-electron chi connectivity index (χ1n) is 8.62. The van der Waals surface area contributed by atoms with Crippen molar-refractivity contribution in [3.63, 3.8) is 0 Å². The van der Waals surface area contributed by atoms with E-state index in [1.165, 1.54) is 0 Å². The van der Waals surface area contributed by atoms with Gasteiger partial charge in [0.05, 0.1) is 11.0 Å². The van der Waals surface area contributed by atoms with Gasteiger partial charge in [0.1, 0.15) is 11.6 Å². The van der Waals surface area contributed by atoms with Gasteiger partial charge in [-0.2, -0.15) is 10.0 Å². The Morgan fingerprint density at radius 3 is 2.15 bits per heavy atom. The largest absolute Gasteiger partial charge is 0.356 e. The van der Waals surface area contributed by atoms with Gasteiger partial charge in [-0.3, -0.25) is 4.57 Å². The lowest BCUT2D eigenvalue weighted by molar-refractivity contribution is 0.466. The summed E-state index contributed by atoms with van der Waals surface area (Å²) < 4.78 is 18.3. The van der Waals surface area contributed by atoms with E-state index in [1.54, 1.807) is 12.1 Å². The lowest BCUT2D eigenvalue weighted by Gasteiger charge is -2.31. The zero-order chi connectivity index (χ0) is 18.6. The number of amidine groups is 1. The summed E-state index contributed by atoms with van der Waals surface area (Å²) in [5.74, 6) is 0.488. The van der Waals surface area contributed by atoms with Gasteiger partial charge in [0.15, 0.2) is 5.84 Å². The second kappa shape index (κ2) is 7.59. The number of likely N-dealkylation sites (N-methyl/N-ethyl adjacent to an activating group) is 1. The second-order valence-electron chi connectivity index (χ2n) is 5.85. The van der Waals surface area contributed by atoms with Gasteiger partial charge in [-0.05, 0) is 31.5 Å². The van der Waals surface area contributed by atoms with Crippen molar-refractivity contribution in [1.82, 2.24) is 9.99 Å². The van der Waals surface area contributed by atoms with Crippen molar-refractivity contribution in [2.24, 2.45) is 4.76 Å². The molecule has 0 radical (unpaired) electrons. The van der Waals surface area contributed by atoms with E-state index >= 15 is 0 Å². The molecule has 0 fully saturated rings. The molecule has 6 heteroatoms. The van der Waals surface area contributed by atoms with Gasteiger partial charge in [0.25, 0.3) is 0 Å². The van der Waals surface area contributed by atoms with Gasteiger partial charge in [0, 0.05) is 13.1 Å². The molecule has 1 N–H and O–H groups in total. The fourth-order valence-electron chi connectivity index (χ4n) is 2.94. The summed E-state index contributed by atoms with van der Waals surface area (Å²) in [4.78, 5) is 1.97. The van der Waals surface area contributed by atoms with Crippen LogP contribution in [0.25, 0.3) is 5.70 Å². The summed E-state index contributed by atoms with van der Waals surface area (Å²) in [6.45, 7) is 5.35. The second-order valence-corrected chi connectivity index (χ2v) is 7.94. The standard InChI is InChI=1S/C20H21N4OP/c1-3-24(4-2)20-18(15-21)19(16-11-7-5-8-12-16)22-26(25,23-20)17-13-9-6-10-14-17/h5-14H,3-4H2,1-2H3,(H,22,23,25)/t26-/m0/s1. The number of benzene rings is 2. The Morgan fingerprint density at radius 1 is 1.04 bits per heavy atom. The fourth-order valence-corrected chi connectivity index (χ4v) is 4.85. The fraction of sp³-hybridized carbons (Fsp3) is 0.200. The van der Waals surface area contributed by atoms with Gasteiger partial charge < -0.3 is 9.99 Å². The van der Waals surface area contributed by atoms with Crippen LogP contribution in [0.1, 0.15) is 19.4 Å². The molecule has 26 heavy (non-hydrogen) atoms. The predicted octanol–water partition coefficient (Wildman–Crippen LogP) is 3.78. The molecule has 1 heterocycles. The smallest absolute Gasteiger partial charge is 0.310 e. The van der Waals surface area contributed by atoms with Crippen LogP contribution in [0.15, 0.2) is 71.0 Å². The molecule has 5 nitrogen and oxygen atoms in total. The van der Waals surface area contributed by atoms with Crippen molar-refractivity contribution in [2.75, 3.05) is 13.1 Å². The number of nitrogens with one attached hydrogen (secondary N) is 1. The quantitative estimate of drug-likeness (QED) is 0.839. The molecular formula is C20H21N4OP. The van der Waals surface area contributed by atoms with Crippen LogP contribution in [0.4, 0.5) is 0 Å². The van der Waals surface area contributed by atoms with Crippen molar-refractivity contribution in [3.05, 3.63) is 71.8 Å². The van der Waals surface area contributed by atoms with Gasteiger partial charge in [-0.15, -0.1) is 0 Å². The van der Waals surface area contributed by atoms with Crippen LogP contribution in [-0.4, -0.2) is 23.8 Å². The lowest BCUT2D eigenvalue weighted by Crippen LogP contribution is -2.36. The molecule has 0 bridgehead atoms. The third-order valence-electron chi connectivity index (χ3n) is 4.32. The summed E-state index contributed by atoms with van der Waals surface area (Å²) in [5.41, 5.74) is 1.80. The zero-order valence-corrected chi connectivity index (χ0v) is 15.8. The highest BCUT2D eigenvalue weighted by molar-refractivity contribution is 7.69. The SMILES string of the molecule is CCN(CC)C1=N[P@](=O)(c2ccccc2)NC(c2ccccc2)=C1C#N. The van der Waals surface area contributed by atoms with Crippen LogP contribution in [-0.2, 0) is 4.57 Å². The predicted molar refractivity (Wildman–Crippen MR) is 106 cm³/mol. The first-order chi connectivity index (χ1) is 12.6. The molecule has 3 rings (SSSR count). The van der Waals surface area contributed by atoms with Gasteiger partial charge in [0.2, 0.25) is 0 Å². The number of rotatable bonds is 4. The molecule has 0 aliphatic carbocycles. The Kier molecular flexibility index (Phi) is 5.25. The molecule has 2 aromatic rings. The molecule has 2 aromatic carbocycles. The summed E-state index contributed by atoms with van der Waals surface area (Å²) >= 11 is 0. The van der Waals surface area contributed by atoms with E-state index < -0.39 is 7.44 Å². The van der Waals surface area contributed by atoms with E-state index in [9.17, 15) is 9.83 Å². The Morgan fingerprint density at radius 2 is 1.62 bits per heavy atom. The van der Waals surface area contributed by atoms with E-state index in [-0.39, 0.29) is 0 Å². The summed E-state index contributed by atoms with van der Waals surface area (Å²) in [6.07, 6.45) is 0. The van der Waals surface area contributed by atoms with Gasteiger partial charge in [-0.25, -0.2) is 0 Å². The van der Waals surface area contributed by atoms with E-state index in [4.69, 9.17) is 0 Å². The Hall–Kier alpha value is -2.83. The molecule has 1 aliphatic rings. The number of hydrogen-bond donors (Lipinski definition) is 1. The van der Waals surface area contributed by atoms with Crippen LogP contribution in [0.3, 0.4) is 0 Å². The zero-order valence-electron chi connectivity index (χ0n) is 14.9. The molecule has 1 atom stereocenters. The van der Waals surface area contributed by atoms with Crippen LogP contribution in [0.5, 0.6) is 0 Å². The minimum Gasteiger partial charge on any atom is -0.356 e. The van der Waals surface area contributed by atoms with Crippen LogP contribution in [0.2, 0.25) is 0 Å². The molecule has 0 spiro atoms. The number of nitrogens with zero attached hydrogens (tertiary/aromatic N) is 3. The molecule has 0 saturated heterocycles. The van der Waals surface area contributed by atoms with Crippen molar-refractivity contribution >= 4 is 24.3 Å². The summed E-state index contributed by atoms with van der Waals surface area (Å²) in [6, 6.07) is 20.9. The normalized spacial score (nSPS) is 19.3. The van der Waals surface area contributed by atoms with Crippen LogP contribution < -0.4 is 10.4 Å². The molecular weight excluding hydrogens is 343 g/mol. The summed E-state index contributed by atoms with van der Waals surface area (Å²) in [7, 11) is -3.29. The maximum absolute atomic E-state index is 13.8. The number of hydrogen-bond acceptors (Lipinski definition) is 3. The monoisotopic (exact) mass is 364 g/mol. The minimum atomic E-state index is -3.29. The van der Waals surface area contributed by atoms with Gasteiger partial charge in [-0.1, -0.05) is 48.5 Å². The third kappa shape index (κ3) is 3.29. The maximum Gasteiger partial charge on any atom is 0.310 e. The summed E-state index contributed by atoms with van der Waals surface area (Å²) in [5, 5.41) is 13.5. The Bertz CT molecular complexity index is 925. The molecule has 0 aromatic heterocycles. The van der Waals surface area contributed by atoms with Crippen molar-refractivity contribution < 1.29 is 4.57 Å².